The van der Waals surface area contributed by atoms with E-state index in [1.807, 2.05) is 19.1 Å². The van der Waals surface area contributed by atoms with Crippen LogP contribution < -0.4 is 10.6 Å². The lowest BCUT2D eigenvalue weighted by molar-refractivity contribution is -0.139. The second kappa shape index (κ2) is 6.58. The first-order valence-electron chi connectivity index (χ1n) is 5.72. The summed E-state index contributed by atoms with van der Waals surface area (Å²) in [7, 11) is 0. The Morgan fingerprint density at radius 2 is 2.17 bits per heavy atom. The molecule has 18 heavy (non-hydrogen) atoms. The largest absolute Gasteiger partial charge is 0.480 e. The van der Waals surface area contributed by atoms with Crippen LogP contribution in [-0.2, 0) is 11.3 Å². The van der Waals surface area contributed by atoms with E-state index in [4.69, 9.17) is 5.11 Å². The van der Waals surface area contributed by atoms with Crippen molar-refractivity contribution >= 4 is 12.0 Å². The summed E-state index contributed by atoms with van der Waals surface area (Å²) in [5, 5.41) is 13.7. The van der Waals surface area contributed by atoms with Crippen molar-refractivity contribution in [3.05, 3.63) is 29.6 Å². The van der Waals surface area contributed by atoms with Gasteiger partial charge in [0.25, 0.3) is 0 Å². The number of carboxylic acid groups (broad SMARTS) is 1. The summed E-state index contributed by atoms with van der Waals surface area (Å²) in [6, 6.07) is 4.13. The third-order valence-electron chi connectivity index (χ3n) is 2.39. The summed E-state index contributed by atoms with van der Waals surface area (Å²) in [6.45, 7) is 3.83. The van der Waals surface area contributed by atoms with Gasteiger partial charge in [-0.2, -0.15) is 0 Å². The van der Waals surface area contributed by atoms with E-state index >= 15 is 0 Å². The number of pyridine rings is 1. The van der Waals surface area contributed by atoms with Crippen LogP contribution in [0.4, 0.5) is 4.79 Å². The number of aliphatic carboxylic acids is 1. The number of hydrogen-bond donors (Lipinski definition) is 3. The fraction of sp³-hybridized carbons (Fsp3) is 0.417. The number of urea groups is 1. The van der Waals surface area contributed by atoms with Gasteiger partial charge < -0.3 is 15.7 Å². The van der Waals surface area contributed by atoms with Crippen molar-refractivity contribution in [1.29, 1.82) is 0 Å². The number of amides is 2. The zero-order chi connectivity index (χ0) is 13.5. The number of nitrogens with one attached hydrogen (secondary N) is 2. The Morgan fingerprint density at radius 1 is 1.44 bits per heavy atom. The molecule has 0 bridgehead atoms. The Balaban J connectivity index is 2.44. The highest BCUT2D eigenvalue weighted by Crippen LogP contribution is 1.97. The van der Waals surface area contributed by atoms with Crippen molar-refractivity contribution in [2.24, 2.45) is 0 Å². The van der Waals surface area contributed by atoms with Crippen molar-refractivity contribution < 1.29 is 14.7 Å². The molecule has 0 fully saturated rings. The van der Waals surface area contributed by atoms with Gasteiger partial charge in [0.2, 0.25) is 0 Å². The average molecular weight is 251 g/mol. The SMILES string of the molecule is CC[C@H](NC(=O)NCc1cccc(C)n1)C(=O)O. The fourth-order valence-electron chi connectivity index (χ4n) is 1.42. The lowest BCUT2D eigenvalue weighted by atomic mass is 10.2. The smallest absolute Gasteiger partial charge is 0.326 e. The Labute approximate surface area is 105 Å². The molecule has 1 aromatic heterocycles. The highest BCUT2D eigenvalue weighted by Gasteiger charge is 2.16. The Bertz CT molecular complexity index is 434. The molecule has 0 aliphatic carbocycles. The van der Waals surface area contributed by atoms with E-state index in [1.165, 1.54) is 0 Å². The molecule has 1 atom stereocenters. The van der Waals surface area contributed by atoms with E-state index in [0.29, 0.717) is 6.42 Å². The molecule has 98 valence electrons. The molecule has 1 heterocycles. The van der Waals surface area contributed by atoms with Crippen LogP contribution in [0.25, 0.3) is 0 Å². The van der Waals surface area contributed by atoms with E-state index in [0.717, 1.165) is 11.4 Å². The highest BCUT2D eigenvalue weighted by molar-refractivity contribution is 5.82. The molecule has 0 spiro atoms. The first kappa shape index (κ1) is 14.0. The van der Waals surface area contributed by atoms with Gasteiger partial charge in [-0.05, 0) is 25.5 Å². The lowest BCUT2D eigenvalue weighted by Gasteiger charge is -2.13. The number of aromatic nitrogens is 1. The molecule has 6 heteroatoms. The average Bonchev–Trinajstić information content (AvgIpc) is 2.33. The molecular weight excluding hydrogens is 234 g/mol. The molecule has 1 aromatic rings. The van der Waals surface area contributed by atoms with Crippen molar-refractivity contribution in [2.75, 3.05) is 0 Å². The van der Waals surface area contributed by atoms with Crippen LogP contribution in [0.3, 0.4) is 0 Å². The second-order valence-corrected chi connectivity index (χ2v) is 3.90. The fourth-order valence-corrected chi connectivity index (χ4v) is 1.42. The summed E-state index contributed by atoms with van der Waals surface area (Å²) in [5.41, 5.74) is 1.60. The lowest BCUT2D eigenvalue weighted by Crippen LogP contribution is -2.45. The molecule has 0 unspecified atom stereocenters. The first-order chi connectivity index (χ1) is 8.52. The third-order valence-corrected chi connectivity index (χ3v) is 2.39. The minimum Gasteiger partial charge on any atom is -0.480 e. The maximum atomic E-state index is 11.5. The molecule has 0 saturated heterocycles. The second-order valence-electron chi connectivity index (χ2n) is 3.90. The van der Waals surface area contributed by atoms with Crippen LogP contribution in [-0.4, -0.2) is 28.1 Å². The summed E-state index contributed by atoms with van der Waals surface area (Å²) < 4.78 is 0. The minimum atomic E-state index is -1.04. The Morgan fingerprint density at radius 3 is 2.72 bits per heavy atom. The van der Waals surface area contributed by atoms with Crippen LogP contribution in [0.5, 0.6) is 0 Å². The Kier molecular flexibility index (Phi) is 5.10. The van der Waals surface area contributed by atoms with Crippen LogP contribution in [0.1, 0.15) is 24.7 Å². The predicted molar refractivity (Wildman–Crippen MR) is 66.1 cm³/mol. The number of hydrogen-bond acceptors (Lipinski definition) is 3. The van der Waals surface area contributed by atoms with Gasteiger partial charge in [0.05, 0.1) is 12.2 Å². The van der Waals surface area contributed by atoms with Gasteiger partial charge in [0.15, 0.2) is 0 Å². The zero-order valence-electron chi connectivity index (χ0n) is 10.4. The third kappa shape index (κ3) is 4.40. The molecule has 0 aliphatic heterocycles. The molecule has 0 aliphatic rings. The normalized spacial score (nSPS) is 11.7. The summed E-state index contributed by atoms with van der Waals surface area (Å²) >= 11 is 0. The van der Waals surface area contributed by atoms with Crippen molar-refractivity contribution in [3.63, 3.8) is 0 Å². The maximum Gasteiger partial charge on any atom is 0.326 e. The van der Waals surface area contributed by atoms with Gasteiger partial charge in [-0.15, -0.1) is 0 Å². The summed E-state index contributed by atoms with van der Waals surface area (Å²) in [6.07, 6.45) is 0.339. The predicted octanol–water partition coefficient (Wildman–Crippen LogP) is 1.05. The Hall–Kier alpha value is -2.11. The van der Waals surface area contributed by atoms with E-state index in [2.05, 4.69) is 15.6 Å². The number of aryl methyl sites for hydroxylation is 1. The molecular formula is C12H17N3O3. The monoisotopic (exact) mass is 251 g/mol. The molecule has 3 N–H and O–H groups in total. The molecule has 1 rings (SSSR count). The first-order valence-corrected chi connectivity index (χ1v) is 5.72. The highest BCUT2D eigenvalue weighted by atomic mass is 16.4. The van der Waals surface area contributed by atoms with Gasteiger partial charge in [-0.25, -0.2) is 9.59 Å². The van der Waals surface area contributed by atoms with E-state index in [-0.39, 0.29) is 6.54 Å². The van der Waals surface area contributed by atoms with Gasteiger partial charge in [-0.1, -0.05) is 13.0 Å². The van der Waals surface area contributed by atoms with E-state index in [9.17, 15) is 9.59 Å². The molecule has 0 saturated carbocycles. The summed E-state index contributed by atoms with van der Waals surface area (Å²) in [4.78, 5) is 26.4. The van der Waals surface area contributed by atoms with Crippen LogP contribution in [0.15, 0.2) is 18.2 Å². The standard InChI is InChI=1S/C12H17N3O3/c1-3-10(11(16)17)15-12(18)13-7-9-6-4-5-8(2)14-9/h4-6,10H,3,7H2,1-2H3,(H,16,17)(H2,13,15,18)/t10-/m0/s1. The minimum absolute atomic E-state index is 0.267. The van der Waals surface area contributed by atoms with Crippen LogP contribution >= 0.6 is 0 Å². The van der Waals surface area contributed by atoms with Crippen molar-refractivity contribution in [2.45, 2.75) is 32.9 Å². The topological polar surface area (TPSA) is 91.3 Å². The molecule has 0 radical (unpaired) electrons. The van der Waals surface area contributed by atoms with Crippen LogP contribution in [0.2, 0.25) is 0 Å². The zero-order valence-corrected chi connectivity index (χ0v) is 10.4. The molecule has 6 nitrogen and oxygen atoms in total. The van der Waals surface area contributed by atoms with Gasteiger partial charge >= 0.3 is 12.0 Å². The van der Waals surface area contributed by atoms with Gasteiger partial charge in [-0.3, -0.25) is 4.98 Å². The quantitative estimate of drug-likeness (QED) is 0.729. The van der Waals surface area contributed by atoms with Crippen molar-refractivity contribution in [1.82, 2.24) is 15.6 Å². The number of carboxylic acids is 1. The number of carbonyl (C=O) groups excluding carboxylic acids is 1. The van der Waals surface area contributed by atoms with Gasteiger partial charge in [0, 0.05) is 5.69 Å². The maximum absolute atomic E-state index is 11.5. The van der Waals surface area contributed by atoms with E-state index in [1.54, 1.807) is 13.0 Å². The number of carbonyl (C=O) groups is 2. The molecule has 2 amide bonds. The van der Waals surface area contributed by atoms with Crippen LogP contribution in [0, 0.1) is 6.92 Å². The number of rotatable bonds is 5. The number of nitrogens with zero attached hydrogens (tertiary/aromatic N) is 1. The molecule has 0 aromatic carbocycles. The van der Waals surface area contributed by atoms with Crippen molar-refractivity contribution in [3.8, 4) is 0 Å². The van der Waals surface area contributed by atoms with Gasteiger partial charge in [0.1, 0.15) is 6.04 Å². The van der Waals surface area contributed by atoms with E-state index < -0.39 is 18.0 Å². The summed E-state index contributed by atoms with van der Waals surface area (Å²) in [5.74, 6) is -1.04.